The molecule has 1 amide bonds. The zero-order valence-electron chi connectivity index (χ0n) is 15.5. The predicted molar refractivity (Wildman–Crippen MR) is 99.0 cm³/mol. The minimum absolute atomic E-state index is 0.172. The Hall–Kier alpha value is -2.41. The van der Waals surface area contributed by atoms with Crippen LogP contribution < -0.4 is 15.5 Å². The largest absolute Gasteiger partial charge is 0.497 e. The van der Waals surface area contributed by atoms with Gasteiger partial charge in [0.05, 0.1) is 13.2 Å². The molecule has 140 valence electrons. The predicted octanol–water partition coefficient (Wildman–Crippen LogP) is 3.18. The van der Waals surface area contributed by atoms with Crippen LogP contribution in [0.3, 0.4) is 0 Å². The Bertz CT molecular complexity index is 721. The van der Waals surface area contributed by atoms with Crippen molar-refractivity contribution in [2.45, 2.75) is 33.0 Å². The lowest BCUT2D eigenvalue weighted by molar-refractivity contribution is 0.000680. The lowest BCUT2D eigenvalue weighted by Gasteiger charge is -2.32. The van der Waals surface area contributed by atoms with Crippen molar-refractivity contribution in [1.82, 2.24) is 10.8 Å². The number of nitrogens with one attached hydrogen (secondary N) is 2. The zero-order valence-corrected chi connectivity index (χ0v) is 15.5. The quantitative estimate of drug-likeness (QED) is 0.470. The molecular weight excluding hydrogens is 332 g/mol. The standard InChI is InChI=1S/C20H26N2O4/c1-20(2,3)17(13-5-7-15(8-6-13)19(24)22-25)21-18(23)14-9-11-16(26-4)12-10-14/h5-12,17,19,22,24-25H,1-4H3,(H,21,23). The summed E-state index contributed by atoms with van der Waals surface area (Å²) in [4.78, 5) is 12.7. The molecule has 6 heteroatoms. The van der Waals surface area contributed by atoms with E-state index in [9.17, 15) is 9.90 Å². The fourth-order valence-electron chi connectivity index (χ4n) is 2.70. The third-order valence-corrected chi connectivity index (χ3v) is 4.20. The summed E-state index contributed by atoms with van der Waals surface area (Å²) in [5, 5.41) is 21.5. The first kappa shape index (κ1) is 19.9. The van der Waals surface area contributed by atoms with Gasteiger partial charge in [0.2, 0.25) is 0 Å². The minimum atomic E-state index is -1.15. The Kier molecular flexibility index (Phi) is 6.37. The van der Waals surface area contributed by atoms with Gasteiger partial charge in [-0.05, 0) is 40.8 Å². The average Bonchev–Trinajstić information content (AvgIpc) is 2.64. The van der Waals surface area contributed by atoms with E-state index < -0.39 is 6.23 Å². The molecule has 0 aliphatic heterocycles. The van der Waals surface area contributed by atoms with Crippen LogP contribution in [0.1, 0.15) is 54.5 Å². The molecule has 2 atom stereocenters. The number of amides is 1. The molecule has 0 fully saturated rings. The van der Waals surface area contributed by atoms with Crippen LogP contribution in [-0.4, -0.2) is 23.3 Å². The van der Waals surface area contributed by atoms with E-state index in [4.69, 9.17) is 9.94 Å². The molecule has 2 unspecified atom stereocenters. The number of carbonyl (C=O) groups excluding carboxylic acids is 1. The fraction of sp³-hybridized carbons (Fsp3) is 0.350. The van der Waals surface area contributed by atoms with Gasteiger partial charge in [0, 0.05) is 5.56 Å². The van der Waals surface area contributed by atoms with Crippen molar-refractivity contribution in [2.75, 3.05) is 7.11 Å². The highest BCUT2D eigenvalue weighted by Gasteiger charge is 2.28. The van der Waals surface area contributed by atoms with Gasteiger partial charge in [0.15, 0.2) is 6.23 Å². The van der Waals surface area contributed by atoms with Crippen molar-refractivity contribution in [3.63, 3.8) is 0 Å². The number of rotatable bonds is 6. The third kappa shape index (κ3) is 4.82. The van der Waals surface area contributed by atoms with Crippen molar-refractivity contribution in [2.24, 2.45) is 5.41 Å². The highest BCUT2D eigenvalue weighted by atomic mass is 16.5. The van der Waals surface area contributed by atoms with Crippen LogP contribution in [0.15, 0.2) is 48.5 Å². The van der Waals surface area contributed by atoms with Crippen LogP contribution in [0, 0.1) is 5.41 Å². The molecule has 2 aromatic carbocycles. The second-order valence-corrected chi connectivity index (χ2v) is 7.20. The topological polar surface area (TPSA) is 90.8 Å². The number of aliphatic hydroxyl groups excluding tert-OH is 1. The molecule has 0 spiro atoms. The SMILES string of the molecule is COc1ccc(C(=O)NC(c2ccc(C(O)NO)cc2)C(C)(C)C)cc1. The molecule has 6 nitrogen and oxygen atoms in total. The lowest BCUT2D eigenvalue weighted by atomic mass is 9.82. The van der Waals surface area contributed by atoms with Gasteiger partial charge >= 0.3 is 0 Å². The third-order valence-electron chi connectivity index (χ3n) is 4.20. The van der Waals surface area contributed by atoms with Crippen molar-refractivity contribution in [1.29, 1.82) is 0 Å². The molecule has 0 radical (unpaired) electrons. The summed E-state index contributed by atoms with van der Waals surface area (Å²) < 4.78 is 5.12. The summed E-state index contributed by atoms with van der Waals surface area (Å²) in [5.74, 6) is 0.522. The number of hydrogen-bond acceptors (Lipinski definition) is 5. The molecule has 0 saturated carbocycles. The van der Waals surface area contributed by atoms with Crippen LogP contribution >= 0.6 is 0 Å². The average molecular weight is 358 g/mol. The van der Waals surface area contributed by atoms with Gasteiger partial charge in [0.25, 0.3) is 5.91 Å². The smallest absolute Gasteiger partial charge is 0.251 e. The van der Waals surface area contributed by atoms with Crippen molar-refractivity contribution in [3.8, 4) is 5.75 Å². The Labute approximate surface area is 153 Å². The van der Waals surface area contributed by atoms with Gasteiger partial charge in [-0.2, -0.15) is 5.48 Å². The van der Waals surface area contributed by atoms with E-state index in [0.717, 1.165) is 5.56 Å². The Morgan fingerprint density at radius 3 is 2.00 bits per heavy atom. The van der Waals surface area contributed by atoms with Crippen LogP contribution in [0.25, 0.3) is 0 Å². The molecule has 0 saturated heterocycles. The maximum Gasteiger partial charge on any atom is 0.251 e. The molecule has 0 bridgehead atoms. The van der Waals surface area contributed by atoms with Crippen LogP contribution in [-0.2, 0) is 0 Å². The highest BCUT2D eigenvalue weighted by molar-refractivity contribution is 5.94. The molecule has 0 heterocycles. The van der Waals surface area contributed by atoms with Crippen molar-refractivity contribution >= 4 is 5.91 Å². The normalized spacial score (nSPS) is 13.8. The van der Waals surface area contributed by atoms with Gasteiger partial charge < -0.3 is 20.4 Å². The second-order valence-electron chi connectivity index (χ2n) is 7.20. The molecule has 0 aromatic heterocycles. The first-order valence-corrected chi connectivity index (χ1v) is 8.38. The number of aliphatic hydroxyl groups is 1. The van der Waals surface area contributed by atoms with Crippen LogP contribution in [0.4, 0.5) is 0 Å². The van der Waals surface area contributed by atoms with Gasteiger partial charge in [-0.25, -0.2) is 0 Å². The number of benzene rings is 2. The molecule has 0 aliphatic carbocycles. The summed E-state index contributed by atoms with van der Waals surface area (Å²) >= 11 is 0. The maximum absolute atomic E-state index is 12.7. The van der Waals surface area contributed by atoms with E-state index in [2.05, 4.69) is 5.32 Å². The monoisotopic (exact) mass is 358 g/mol. The zero-order chi connectivity index (χ0) is 19.3. The van der Waals surface area contributed by atoms with Gasteiger partial charge in [-0.15, -0.1) is 0 Å². The summed E-state index contributed by atoms with van der Waals surface area (Å²) in [5.41, 5.74) is 3.57. The van der Waals surface area contributed by atoms with E-state index in [1.165, 1.54) is 0 Å². The van der Waals surface area contributed by atoms with E-state index in [1.54, 1.807) is 49.0 Å². The Morgan fingerprint density at radius 2 is 1.54 bits per heavy atom. The number of hydroxylamine groups is 1. The van der Waals surface area contributed by atoms with Crippen LogP contribution in [0.2, 0.25) is 0 Å². The van der Waals surface area contributed by atoms with Crippen molar-refractivity contribution < 1.29 is 19.8 Å². The van der Waals surface area contributed by atoms with E-state index in [-0.39, 0.29) is 17.4 Å². The van der Waals surface area contributed by atoms with E-state index in [1.807, 2.05) is 32.9 Å². The number of carbonyl (C=O) groups is 1. The number of methoxy groups -OCH3 is 1. The Morgan fingerprint density at radius 1 is 1.00 bits per heavy atom. The van der Waals surface area contributed by atoms with Gasteiger partial charge in [0.1, 0.15) is 5.75 Å². The summed E-state index contributed by atoms with van der Waals surface area (Å²) in [6, 6.07) is 13.8. The molecule has 26 heavy (non-hydrogen) atoms. The Balaban J connectivity index is 2.23. The molecule has 2 rings (SSSR count). The van der Waals surface area contributed by atoms with Gasteiger partial charge in [-0.3, -0.25) is 4.79 Å². The maximum atomic E-state index is 12.7. The minimum Gasteiger partial charge on any atom is -0.497 e. The molecule has 4 N–H and O–H groups in total. The van der Waals surface area contributed by atoms with E-state index in [0.29, 0.717) is 16.9 Å². The second kappa shape index (κ2) is 8.31. The lowest BCUT2D eigenvalue weighted by Crippen LogP contribution is -2.36. The summed E-state index contributed by atoms with van der Waals surface area (Å²) in [7, 11) is 1.58. The van der Waals surface area contributed by atoms with Gasteiger partial charge in [-0.1, -0.05) is 45.0 Å². The van der Waals surface area contributed by atoms with Crippen molar-refractivity contribution in [3.05, 3.63) is 65.2 Å². The van der Waals surface area contributed by atoms with Crippen LogP contribution in [0.5, 0.6) is 5.75 Å². The first-order chi connectivity index (χ1) is 12.3. The molecule has 2 aromatic rings. The van der Waals surface area contributed by atoms with E-state index >= 15 is 0 Å². The molecular formula is C20H26N2O4. The fourth-order valence-corrected chi connectivity index (χ4v) is 2.70. The first-order valence-electron chi connectivity index (χ1n) is 8.38. The molecule has 0 aliphatic rings. The number of ether oxygens (including phenoxy) is 1. The summed E-state index contributed by atoms with van der Waals surface area (Å²) in [6.45, 7) is 6.14. The summed E-state index contributed by atoms with van der Waals surface area (Å²) in [6.07, 6.45) is -1.15. The number of hydrogen-bond donors (Lipinski definition) is 4. The highest BCUT2D eigenvalue weighted by Crippen LogP contribution is 2.33.